The van der Waals surface area contributed by atoms with Crippen LogP contribution < -0.4 is 10.1 Å². The second-order valence-electron chi connectivity index (χ2n) is 3.65. The normalized spacial score (nSPS) is 10.2. The number of hydrogen-bond acceptors (Lipinski definition) is 2. The zero-order valence-electron chi connectivity index (χ0n) is 9.50. The lowest BCUT2D eigenvalue weighted by Crippen LogP contribution is -2.14. The third-order valence-corrected chi connectivity index (χ3v) is 2.03. The highest BCUT2D eigenvalue weighted by Crippen LogP contribution is 2.24. The van der Waals surface area contributed by atoms with Crippen LogP contribution in [0.15, 0.2) is 24.3 Å². The van der Waals surface area contributed by atoms with E-state index in [2.05, 4.69) is 5.32 Å². The van der Waals surface area contributed by atoms with Gasteiger partial charge in [0.15, 0.2) is 0 Å². The van der Waals surface area contributed by atoms with Crippen molar-refractivity contribution >= 4 is 23.2 Å². The van der Waals surface area contributed by atoms with Crippen molar-refractivity contribution in [3.63, 3.8) is 0 Å². The number of ether oxygens (including phenoxy) is 1. The van der Waals surface area contributed by atoms with E-state index in [1.807, 2.05) is 38.1 Å². The van der Waals surface area contributed by atoms with Gasteiger partial charge in [-0.3, -0.25) is 4.79 Å². The van der Waals surface area contributed by atoms with E-state index < -0.39 is 0 Å². The predicted octanol–water partition coefficient (Wildman–Crippen LogP) is 3.04. The van der Waals surface area contributed by atoms with Gasteiger partial charge in [0, 0.05) is 12.3 Å². The molecule has 0 aliphatic carbocycles. The molecule has 0 aliphatic rings. The van der Waals surface area contributed by atoms with E-state index >= 15 is 0 Å². The topological polar surface area (TPSA) is 38.3 Å². The molecule has 1 amide bonds. The SMILES string of the molecule is CC(C)Oc1ccccc1NC(=O)CCCl. The quantitative estimate of drug-likeness (QED) is 0.805. The van der Waals surface area contributed by atoms with Crippen LogP contribution in [0.5, 0.6) is 5.75 Å². The molecule has 0 saturated heterocycles. The molecule has 88 valence electrons. The van der Waals surface area contributed by atoms with Crippen molar-refractivity contribution < 1.29 is 9.53 Å². The van der Waals surface area contributed by atoms with Crippen molar-refractivity contribution in [3.05, 3.63) is 24.3 Å². The number of rotatable bonds is 5. The van der Waals surface area contributed by atoms with Gasteiger partial charge in [0.05, 0.1) is 11.8 Å². The van der Waals surface area contributed by atoms with Gasteiger partial charge in [0.2, 0.25) is 5.91 Å². The molecule has 3 nitrogen and oxygen atoms in total. The highest BCUT2D eigenvalue weighted by atomic mass is 35.5. The number of hydrogen-bond donors (Lipinski definition) is 1. The van der Waals surface area contributed by atoms with Crippen molar-refractivity contribution in [2.24, 2.45) is 0 Å². The fourth-order valence-electron chi connectivity index (χ4n) is 1.23. The van der Waals surface area contributed by atoms with E-state index in [0.29, 0.717) is 23.7 Å². The van der Waals surface area contributed by atoms with Gasteiger partial charge in [0.1, 0.15) is 5.75 Å². The van der Waals surface area contributed by atoms with Crippen LogP contribution in [0.1, 0.15) is 20.3 Å². The third kappa shape index (κ3) is 4.11. The zero-order chi connectivity index (χ0) is 12.0. The number of amides is 1. The van der Waals surface area contributed by atoms with Gasteiger partial charge in [-0.25, -0.2) is 0 Å². The molecule has 1 aromatic carbocycles. The minimum absolute atomic E-state index is 0.0751. The number of alkyl halides is 1. The Hall–Kier alpha value is -1.22. The number of carbonyl (C=O) groups excluding carboxylic acids is 1. The summed E-state index contributed by atoms with van der Waals surface area (Å²) in [5, 5.41) is 2.77. The largest absolute Gasteiger partial charge is 0.489 e. The average Bonchev–Trinajstić information content (AvgIpc) is 2.20. The molecule has 0 radical (unpaired) electrons. The summed E-state index contributed by atoms with van der Waals surface area (Å²) in [5.74, 6) is 0.897. The van der Waals surface area contributed by atoms with Crippen molar-refractivity contribution in [2.75, 3.05) is 11.2 Å². The van der Waals surface area contributed by atoms with E-state index in [4.69, 9.17) is 16.3 Å². The van der Waals surface area contributed by atoms with Gasteiger partial charge in [-0.15, -0.1) is 11.6 Å². The molecule has 0 saturated carbocycles. The zero-order valence-corrected chi connectivity index (χ0v) is 10.3. The third-order valence-electron chi connectivity index (χ3n) is 1.85. The van der Waals surface area contributed by atoms with Gasteiger partial charge in [0.25, 0.3) is 0 Å². The van der Waals surface area contributed by atoms with Crippen LogP contribution in [0.25, 0.3) is 0 Å². The fraction of sp³-hybridized carbons (Fsp3) is 0.417. The molecular formula is C12H16ClNO2. The van der Waals surface area contributed by atoms with Gasteiger partial charge in [-0.2, -0.15) is 0 Å². The Balaban J connectivity index is 2.74. The maximum Gasteiger partial charge on any atom is 0.225 e. The molecule has 0 aromatic heterocycles. The minimum Gasteiger partial charge on any atom is -0.489 e. The van der Waals surface area contributed by atoms with Crippen molar-refractivity contribution in [1.82, 2.24) is 0 Å². The number of anilines is 1. The summed E-state index contributed by atoms with van der Waals surface area (Å²) < 4.78 is 5.58. The van der Waals surface area contributed by atoms with Crippen molar-refractivity contribution in [3.8, 4) is 5.75 Å². The summed E-state index contributed by atoms with van der Waals surface area (Å²) in [4.78, 5) is 11.4. The predicted molar refractivity (Wildman–Crippen MR) is 66.2 cm³/mol. The highest BCUT2D eigenvalue weighted by molar-refractivity contribution is 6.19. The Morgan fingerprint density at radius 1 is 1.44 bits per heavy atom. The maximum atomic E-state index is 11.4. The Labute approximate surface area is 101 Å². The summed E-state index contributed by atoms with van der Waals surface area (Å²) >= 11 is 5.49. The lowest BCUT2D eigenvalue weighted by atomic mass is 10.2. The molecule has 4 heteroatoms. The Morgan fingerprint density at radius 3 is 2.75 bits per heavy atom. The van der Waals surface area contributed by atoms with Crippen molar-refractivity contribution in [1.29, 1.82) is 0 Å². The standard InChI is InChI=1S/C12H16ClNO2/c1-9(2)16-11-6-4-3-5-10(11)14-12(15)7-8-13/h3-6,9H,7-8H2,1-2H3,(H,14,15). The number of nitrogens with one attached hydrogen (secondary N) is 1. The lowest BCUT2D eigenvalue weighted by Gasteiger charge is -2.14. The molecule has 16 heavy (non-hydrogen) atoms. The van der Waals surface area contributed by atoms with E-state index in [-0.39, 0.29) is 12.0 Å². The number of carbonyl (C=O) groups is 1. The van der Waals surface area contributed by atoms with Crippen LogP contribution >= 0.6 is 11.6 Å². The molecule has 0 heterocycles. The molecule has 0 unspecified atom stereocenters. The summed E-state index contributed by atoms with van der Waals surface area (Å²) in [6, 6.07) is 7.36. The van der Waals surface area contributed by atoms with E-state index in [1.54, 1.807) is 0 Å². The van der Waals surface area contributed by atoms with Crippen LogP contribution in [0.4, 0.5) is 5.69 Å². The lowest BCUT2D eigenvalue weighted by molar-refractivity contribution is -0.115. The molecule has 0 bridgehead atoms. The molecule has 1 N–H and O–H groups in total. The van der Waals surface area contributed by atoms with Gasteiger partial charge in [-0.1, -0.05) is 12.1 Å². The second kappa shape index (κ2) is 6.38. The summed E-state index contributed by atoms with van der Waals surface area (Å²) in [6.07, 6.45) is 0.378. The molecule has 1 rings (SSSR count). The summed E-state index contributed by atoms with van der Waals surface area (Å²) in [5.41, 5.74) is 0.686. The Morgan fingerprint density at radius 2 is 2.12 bits per heavy atom. The molecule has 0 atom stereocenters. The molecular weight excluding hydrogens is 226 g/mol. The number of halogens is 1. The maximum absolute atomic E-state index is 11.4. The average molecular weight is 242 g/mol. The van der Waals surface area contributed by atoms with Crippen LogP contribution in [0.2, 0.25) is 0 Å². The number of benzene rings is 1. The van der Waals surface area contributed by atoms with Crippen LogP contribution in [-0.2, 0) is 4.79 Å². The van der Waals surface area contributed by atoms with Gasteiger partial charge >= 0.3 is 0 Å². The Kier molecular flexibility index (Phi) is 5.12. The Bertz CT molecular complexity index is 353. The second-order valence-corrected chi connectivity index (χ2v) is 4.03. The first kappa shape index (κ1) is 12.8. The van der Waals surface area contributed by atoms with Crippen molar-refractivity contribution in [2.45, 2.75) is 26.4 Å². The van der Waals surface area contributed by atoms with Gasteiger partial charge < -0.3 is 10.1 Å². The van der Waals surface area contributed by atoms with Crippen LogP contribution in [0, 0.1) is 0 Å². The van der Waals surface area contributed by atoms with E-state index in [0.717, 1.165) is 0 Å². The first-order chi connectivity index (χ1) is 7.63. The minimum atomic E-state index is -0.102. The first-order valence-electron chi connectivity index (χ1n) is 5.25. The van der Waals surface area contributed by atoms with E-state index in [9.17, 15) is 4.79 Å². The monoisotopic (exact) mass is 241 g/mol. The first-order valence-corrected chi connectivity index (χ1v) is 5.78. The van der Waals surface area contributed by atoms with Crippen LogP contribution in [0.3, 0.4) is 0 Å². The molecule has 0 spiro atoms. The smallest absolute Gasteiger partial charge is 0.225 e. The molecule has 0 fully saturated rings. The van der Waals surface area contributed by atoms with E-state index in [1.165, 1.54) is 0 Å². The molecule has 0 aliphatic heterocycles. The van der Waals surface area contributed by atoms with Crippen LogP contribution in [-0.4, -0.2) is 17.9 Å². The van der Waals surface area contributed by atoms with Gasteiger partial charge in [-0.05, 0) is 26.0 Å². The summed E-state index contributed by atoms with van der Waals surface area (Å²) in [6.45, 7) is 3.88. The highest BCUT2D eigenvalue weighted by Gasteiger charge is 2.07. The molecule has 1 aromatic rings. The number of para-hydroxylation sites is 2. The summed E-state index contributed by atoms with van der Waals surface area (Å²) in [7, 11) is 0. The fourth-order valence-corrected chi connectivity index (χ4v) is 1.40.